The first-order valence-corrected chi connectivity index (χ1v) is 7.39. The van der Waals surface area contributed by atoms with Crippen molar-refractivity contribution in [2.75, 3.05) is 24.6 Å². The highest BCUT2D eigenvalue weighted by Gasteiger charge is 2.27. The first-order valence-electron chi connectivity index (χ1n) is 7.39. The van der Waals surface area contributed by atoms with Gasteiger partial charge in [0.2, 0.25) is 0 Å². The number of rotatable bonds is 3. The lowest BCUT2D eigenvalue weighted by Crippen LogP contribution is -2.38. The first-order chi connectivity index (χ1) is 11.6. The number of nitro benzene ring substituents is 1. The van der Waals surface area contributed by atoms with Crippen LogP contribution in [0.15, 0.2) is 42.5 Å². The van der Waals surface area contributed by atoms with Crippen LogP contribution in [0.25, 0.3) is 0 Å². The normalized spacial score (nSPS) is 17.3. The maximum Gasteiger partial charge on any atom is 0.293 e. The third kappa shape index (κ3) is 3.19. The van der Waals surface area contributed by atoms with Crippen molar-refractivity contribution < 1.29 is 14.1 Å². The van der Waals surface area contributed by atoms with Crippen LogP contribution in [0.3, 0.4) is 0 Å². The second kappa shape index (κ2) is 6.64. The zero-order valence-corrected chi connectivity index (χ0v) is 12.7. The Morgan fingerprint density at radius 3 is 2.88 bits per heavy atom. The molecule has 0 radical (unpaired) electrons. The summed E-state index contributed by atoms with van der Waals surface area (Å²) in [6.45, 7) is 1.23. The van der Waals surface area contributed by atoms with Gasteiger partial charge in [-0.3, -0.25) is 10.1 Å². The Balaban J connectivity index is 1.90. The molecule has 2 aromatic carbocycles. The van der Waals surface area contributed by atoms with Crippen LogP contribution in [0.5, 0.6) is 0 Å². The maximum atomic E-state index is 13.4. The average Bonchev–Trinajstić information content (AvgIpc) is 2.61. The van der Waals surface area contributed by atoms with Crippen molar-refractivity contribution in [3.8, 4) is 6.07 Å². The predicted molar refractivity (Wildman–Crippen MR) is 85.1 cm³/mol. The van der Waals surface area contributed by atoms with Gasteiger partial charge in [-0.1, -0.05) is 12.1 Å². The Bertz CT molecular complexity index is 819. The number of nitro groups is 1. The molecule has 1 atom stereocenters. The summed E-state index contributed by atoms with van der Waals surface area (Å²) in [5.41, 5.74) is 1.24. The van der Waals surface area contributed by atoms with Crippen LogP contribution in [0, 0.1) is 27.3 Å². The quantitative estimate of drug-likeness (QED) is 0.639. The summed E-state index contributed by atoms with van der Waals surface area (Å²) < 4.78 is 19.1. The smallest absolute Gasteiger partial charge is 0.293 e. The van der Waals surface area contributed by atoms with E-state index in [1.807, 2.05) is 11.0 Å². The predicted octanol–water partition coefficient (Wildman–Crippen LogP) is 3.18. The molecule has 7 heteroatoms. The summed E-state index contributed by atoms with van der Waals surface area (Å²) >= 11 is 0. The lowest BCUT2D eigenvalue weighted by Gasteiger charge is -2.34. The van der Waals surface area contributed by atoms with Gasteiger partial charge in [-0.15, -0.1) is 0 Å². The minimum absolute atomic E-state index is 0.117. The maximum absolute atomic E-state index is 13.4. The van der Waals surface area contributed by atoms with Crippen molar-refractivity contribution in [1.29, 1.82) is 5.26 Å². The number of nitrogens with zero attached hydrogens (tertiary/aromatic N) is 3. The summed E-state index contributed by atoms with van der Waals surface area (Å²) in [7, 11) is 0. The fourth-order valence-corrected chi connectivity index (χ4v) is 2.78. The van der Waals surface area contributed by atoms with E-state index in [0.717, 1.165) is 0 Å². The van der Waals surface area contributed by atoms with E-state index in [1.165, 1.54) is 18.2 Å². The number of benzene rings is 2. The summed E-state index contributed by atoms with van der Waals surface area (Å²) in [5.74, 6) is -0.349. The highest BCUT2D eigenvalue weighted by molar-refractivity contribution is 5.66. The molecule has 1 fully saturated rings. The van der Waals surface area contributed by atoms with Gasteiger partial charge in [0.1, 0.15) is 17.6 Å². The van der Waals surface area contributed by atoms with Crippen molar-refractivity contribution in [3.63, 3.8) is 0 Å². The highest BCUT2D eigenvalue weighted by Crippen LogP contribution is 2.33. The van der Waals surface area contributed by atoms with Gasteiger partial charge in [0, 0.05) is 19.2 Å². The molecule has 1 heterocycles. The molecule has 0 bridgehead atoms. The zero-order chi connectivity index (χ0) is 17.1. The van der Waals surface area contributed by atoms with Gasteiger partial charge in [0.05, 0.1) is 23.2 Å². The first kappa shape index (κ1) is 15.9. The molecule has 1 aliphatic heterocycles. The van der Waals surface area contributed by atoms with E-state index in [1.54, 1.807) is 24.3 Å². The molecule has 0 aliphatic carbocycles. The fourth-order valence-electron chi connectivity index (χ4n) is 2.78. The van der Waals surface area contributed by atoms with Crippen LogP contribution >= 0.6 is 0 Å². The summed E-state index contributed by atoms with van der Waals surface area (Å²) in [4.78, 5) is 12.7. The number of nitriles is 1. The van der Waals surface area contributed by atoms with Crippen molar-refractivity contribution in [1.82, 2.24) is 0 Å². The van der Waals surface area contributed by atoms with Crippen LogP contribution in [-0.2, 0) is 4.74 Å². The van der Waals surface area contributed by atoms with E-state index < -0.39 is 4.92 Å². The number of anilines is 1. The molecule has 1 aliphatic rings. The number of ether oxygens (including phenoxy) is 1. The number of morpholine rings is 1. The van der Waals surface area contributed by atoms with Gasteiger partial charge in [-0.2, -0.15) is 5.26 Å². The molecule has 24 heavy (non-hydrogen) atoms. The van der Waals surface area contributed by atoms with Gasteiger partial charge in [0.15, 0.2) is 0 Å². The van der Waals surface area contributed by atoms with E-state index in [9.17, 15) is 14.5 Å². The van der Waals surface area contributed by atoms with Crippen LogP contribution in [0.2, 0.25) is 0 Å². The van der Waals surface area contributed by atoms with E-state index in [0.29, 0.717) is 30.9 Å². The lowest BCUT2D eigenvalue weighted by molar-refractivity contribution is -0.384. The van der Waals surface area contributed by atoms with Crippen LogP contribution < -0.4 is 4.90 Å². The molecular formula is C17H14FN3O3. The number of hydrogen-bond donors (Lipinski definition) is 0. The standard InChI is InChI=1S/C17H14FN3O3/c18-14-3-1-2-13(9-14)17-11-20(6-7-24-17)15-5-4-12(10-19)8-16(15)21(22)23/h1-5,8-9,17H,6-7,11H2. The second-order valence-electron chi connectivity index (χ2n) is 5.43. The van der Waals surface area contributed by atoms with Crippen molar-refractivity contribution >= 4 is 11.4 Å². The third-order valence-corrected chi connectivity index (χ3v) is 3.93. The van der Waals surface area contributed by atoms with E-state index in [4.69, 9.17) is 10.00 Å². The van der Waals surface area contributed by atoms with E-state index in [2.05, 4.69) is 0 Å². The minimum atomic E-state index is -0.497. The molecule has 2 aromatic rings. The molecule has 0 N–H and O–H groups in total. The fraction of sp³-hybridized carbons (Fsp3) is 0.235. The van der Waals surface area contributed by atoms with Crippen molar-refractivity contribution in [3.05, 3.63) is 69.5 Å². The minimum Gasteiger partial charge on any atom is -0.370 e. The summed E-state index contributed by atoms with van der Waals surface area (Å²) in [6.07, 6.45) is -0.371. The topological polar surface area (TPSA) is 79.4 Å². The molecule has 0 saturated carbocycles. The number of hydrogen-bond acceptors (Lipinski definition) is 5. The molecule has 1 unspecified atom stereocenters. The van der Waals surface area contributed by atoms with Gasteiger partial charge in [-0.25, -0.2) is 4.39 Å². The SMILES string of the molecule is N#Cc1ccc(N2CCOC(c3cccc(F)c3)C2)c([N+](=O)[O-])c1. The van der Waals surface area contributed by atoms with Crippen LogP contribution in [-0.4, -0.2) is 24.6 Å². The largest absolute Gasteiger partial charge is 0.370 e. The Morgan fingerprint density at radius 1 is 1.33 bits per heavy atom. The molecule has 0 spiro atoms. The van der Waals surface area contributed by atoms with Gasteiger partial charge >= 0.3 is 0 Å². The molecule has 1 saturated heterocycles. The van der Waals surface area contributed by atoms with Gasteiger partial charge in [-0.05, 0) is 29.8 Å². The molecule has 0 amide bonds. The van der Waals surface area contributed by atoms with E-state index >= 15 is 0 Å². The summed E-state index contributed by atoms with van der Waals surface area (Å²) in [6, 6.07) is 12.4. The Labute approximate surface area is 137 Å². The Kier molecular flexibility index (Phi) is 4.40. The third-order valence-electron chi connectivity index (χ3n) is 3.93. The lowest BCUT2D eigenvalue weighted by atomic mass is 10.1. The zero-order valence-electron chi connectivity index (χ0n) is 12.7. The van der Waals surface area contributed by atoms with Crippen LogP contribution in [0.4, 0.5) is 15.8 Å². The van der Waals surface area contributed by atoms with Crippen LogP contribution in [0.1, 0.15) is 17.2 Å². The van der Waals surface area contributed by atoms with Crippen molar-refractivity contribution in [2.24, 2.45) is 0 Å². The Hall–Kier alpha value is -2.98. The molecule has 3 rings (SSSR count). The average molecular weight is 327 g/mol. The molecule has 6 nitrogen and oxygen atoms in total. The highest BCUT2D eigenvalue weighted by atomic mass is 19.1. The van der Waals surface area contributed by atoms with E-state index in [-0.39, 0.29) is 23.2 Å². The van der Waals surface area contributed by atoms with Gasteiger partial charge < -0.3 is 9.64 Å². The molecular weight excluding hydrogens is 313 g/mol. The van der Waals surface area contributed by atoms with Gasteiger partial charge in [0.25, 0.3) is 5.69 Å². The summed E-state index contributed by atoms with van der Waals surface area (Å²) in [5, 5.41) is 20.2. The van der Waals surface area contributed by atoms with Crippen molar-refractivity contribution in [2.45, 2.75) is 6.10 Å². The monoisotopic (exact) mass is 327 g/mol. The molecule has 0 aromatic heterocycles. The Morgan fingerprint density at radius 2 is 2.17 bits per heavy atom. The number of halogens is 1. The molecule has 122 valence electrons. The second-order valence-corrected chi connectivity index (χ2v) is 5.43.